The summed E-state index contributed by atoms with van der Waals surface area (Å²) in [7, 11) is 1.43. The number of benzene rings is 2. The highest BCUT2D eigenvalue weighted by Gasteiger charge is 2.26. The van der Waals surface area contributed by atoms with Crippen molar-refractivity contribution < 1.29 is 4.79 Å². The van der Waals surface area contributed by atoms with Crippen LogP contribution in [0.15, 0.2) is 64.2 Å². The number of aromatic amines is 1. The number of hydrogen-bond donors (Lipinski definition) is 2. The van der Waals surface area contributed by atoms with Crippen LogP contribution in [-0.4, -0.2) is 22.5 Å². The number of fused-ring (bicyclic) bond motifs is 1. The maximum Gasteiger partial charge on any atom is 0.330 e. The number of thiophene rings is 1. The van der Waals surface area contributed by atoms with Crippen molar-refractivity contribution >= 4 is 50.4 Å². The van der Waals surface area contributed by atoms with Gasteiger partial charge in [0.05, 0.1) is 11.6 Å². The Labute approximate surface area is 179 Å². The average Bonchev–Trinajstić information content (AvgIpc) is 3.08. The van der Waals surface area contributed by atoms with Gasteiger partial charge in [0.1, 0.15) is 10.7 Å². The molecule has 0 fully saturated rings. The van der Waals surface area contributed by atoms with Crippen LogP contribution in [0.3, 0.4) is 0 Å². The number of H-pyrrole nitrogens is 1. The van der Waals surface area contributed by atoms with Crippen LogP contribution in [0.4, 0.5) is 11.5 Å². The fourth-order valence-corrected chi connectivity index (χ4v) is 4.72. The topological polar surface area (TPSA) is 101 Å². The Hall–Kier alpha value is -3.36. The lowest BCUT2D eigenvalue weighted by Gasteiger charge is -2.20. The van der Waals surface area contributed by atoms with Crippen LogP contribution < -0.4 is 21.9 Å². The van der Waals surface area contributed by atoms with Gasteiger partial charge >= 0.3 is 5.69 Å². The van der Waals surface area contributed by atoms with Gasteiger partial charge in [0.25, 0.3) is 11.5 Å². The molecule has 0 aliphatic rings. The number of nitrogen functional groups attached to an aromatic ring is 1. The molecular formula is C21H17ClN4O3S. The summed E-state index contributed by atoms with van der Waals surface area (Å²) in [5.41, 5.74) is 5.51. The van der Waals surface area contributed by atoms with E-state index in [1.807, 2.05) is 54.6 Å². The van der Waals surface area contributed by atoms with E-state index < -0.39 is 17.2 Å². The van der Waals surface area contributed by atoms with Gasteiger partial charge in [-0.25, -0.2) is 4.79 Å². The van der Waals surface area contributed by atoms with Crippen LogP contribution in [0.2, 0.25) is 5.02 Å². The fraction of sp³-hybridized carbons (Fsp3) is 0.0952. The van der Waals surface area contributed by atoms with Crippen molar-refractivity contribution in [3.63, 3.8) is 0 Å². The molecule has 7 nitrogen and oxygen atoms in total. The fourth-order valence-electron chi connectivity index (χ4n) is 3.23. The Morgan fingerprint density at radius 1 is 1.13 bits per heavy atom. The van der Waals surface area contributed by atoms with Crippen LogP contribution >= 0.6 is 22.9 Å². The maximum atomic E-state index is 13.2. The number of carbonyl (C=O) groups excluding carboxylic acids is 1. The molecule has 0 aliphatic carbocycles. The quantitative estimate of drug-likeness (QED) is 0.508. The molecule has 3 N–H and O–H groups in total. The van der Waals surface area contributed by atoms with Crippen molar-refractivity contribution in [3.8, 4) is 0 Å². The second-order valence-electron chi connectivity index (χ2n) is 6.67. The van der Waals surface area contributed by atoms with Crippen LogP contribution in [0.1, 0.15) is 15.2 Å². The molecule has 2 aromatic carbocycles. The predicted octanol–water partition coefficient (Wildman–Crippen LogP) is 3.31. The molecule has 2 heterocycles. The normalized spacial score (nSPS) is 11.0. The summed E-state index contributed by atoms with van der Waals surface area (Å²) in [6, 6.07) is 16.6. The number of carbonyl (C=O) groups is 1. The molecule has 0 aliphatic heterocycles. The summed E-state index contributed by atoms with van der Waals surface area (Å²) in [4.78, 5) is 41.7. The van der Waals surface area contributed by atoms with Gasteiger partial charge in [-0.3, -0.25) is 19.1 Å². The summed E-state index contributed by atoms with van der Waals surface area (Å²) in [6.07, 6.45) is 0. The summed E-state index contributed by atoms with van der Waals surface area (Å²) in [5.74, 6) is -0.580. The Balaban J connectivity index is 1.78. The van der Waals surface area contributed by atoms with Gasteiger partial charge in [-0.2, -0.15) is 0 Å². The second kappa shape index (κ2) is 7.81. The first kappa shape index (κ1) is 19.9. The highest BCUT2D eigenvalue weighted by atomic mass is 35.5. The second-order valence-corrected chi connectivity index (χ2v) is 8.10. The number of nitrogens with one attached hydrogen (secondary N) is 1. The molecule has 0 unspecified atom stereocenters. The zero-order valence-corrected chi connectivity index (χ0v) is 17.5. The van der Waals surface area contributed by atoms with Gasteiger partial charge in [0.15, 0.2) is 5.69 Å². The first-order valence-electron chi connectivity index (χ1n) is 9.00. The highest BCUT2D eigenvalue weighted by Crippen LogP contribution is 2.36. The lowest BCUT2D eigenvalue weighted by atomic mass is 10.2. The minimum absolute atomic E-state index is 0.0966. The van der Waals surface area contributed by atoms with Crippen molar-refractivity contribution in [1.29, 1.82) is 0 Å². The number of halogens is 1. The molecular weight excluding hydrogens is 424 g/mol. The minimum Gasteiger partial charge on any atom is -0.383 e. The zero-order valence-electron chi connectivity index (χ0n) is 15.9. The monoisotopic (exact) mass is 440 g/mol. The standard InChI is InChI=1S/C21H17ClN4O3S/c1-25(20(28)17-15(22)13-9-5-6-10-14(13)30-17)16-18(23)26(21(29)24-19(16)27)11-12-7-3-2-4-8-12/h2-10H,11,23H2,1H3,(H,24,27,29). The van der Waals surface area contributed by atoms with Crippen molar-refractivity contribution in [1.82, 2.24) is 9.55 Å². The van der Waals surface area contributed by atoms with Gasteiger partial charge in [-0.1, -0.05) is 60.1 Å². The van der Waals surface area contributed by atoms with Gasteiger partial charge in [-0.15, -0.1) is 11.3 Å². The molecule has 4 aromatic rings. The van der Waals surface area contributed by atoms with E-state index in [1.54, 1.807) is 0 Å². The molecule has 9 heteroatoms. The molecule has 0 spiro atoms. The van der Waals surface area contributed by atoms with Crippen molar-refractivity contribution in [3.05, 3.63) is 90.9 Å². The Bertz CT molecular complexity index is 1370. The molecule has 152 valence electrons. The predicted molar refractivity (Wildman–Crippen MR) is 121 cm³/mol. The number of rotatable bonds is 4. The van der Waals surface area contributed by atoms with E-state index in [0.717, 1.165) is 20.5 Å². The van der Waals surface area contributed by atoms with Gasteiger partial charge in [-0.05, 0) is 11.6 Å². The average molecular weight is 441 g/mol. The molecule has 0 bridgehead atoms. The Morgan fingerprint density at radius 2 is 1.80 bits per heavy atom. The first-order valence-corrected chi connectivity index (χ1v) is 10.2. The van der Waals surface area contributed by atoms with E-state index in [2.05, 4.69) is 4.98 Å². The smallest absolute Gasteiger partial charge is 0.330 e. The number of amides is 1. The number of aromatic nitrogens is 2. The van der Waals surface area contributed by atoms with Gasteiger partial charge in [0, 0.05) is 17.1 Å². The highest BCUT2D eigenvalue weighted by molar-refractivity contribution is 7.21. The maximum absolute atomic E-state index is 13.2. The number of hydrogen-bond acceptors (Lipinski definition) is 5. The number of nitrogens with two attached hydrogens (primary N) is 1. The van der Waals surface area contributed by atoms with E-state index in [-0.39, 0.29) is 18.1 Å². The lowest BCUT2D eigenvalue weighted by molar-refractivity contribution is 0.0996. The van der Waals surface area contributed by atoms with E-state index in [4.69, 9.17) is 17.3 Å². The zero-order chi connectivity index (χ0) is 21.4. The lowest BCUT2D eigenvalue weighted by Crippen LogP contribution is -2.39. The molecule has 0 saturated heterocycles. The molecule has 0 atom stereocenters. The summed E-state index contributed by atoms with van der Waals surface area (Å²) in [5, 5.41) is 1.08. The van der Waals surface area contributed by atoms with E-state index in [9.17, 15) is 14.4 Å². The van der Waals surface area contributed by atoms with Gasteiger partial charge in [0.2, 0.25) is 0 Å². The third kappa shape index (κ3) is 3.40. The number of anilines is 2. The van der Waals surface area contributed by atoms with Crippen LogP contribution in [-0.2, 0) is 6.54 Å². The van der Waals surface area contributed by atoms with E-state index >= 15 is 0 Å². The molecule has 30 heavy (non-hydrogen) atoms. The first-order chi connectivity index (χ1) is 14.4. The van der Waals surface area contributed by atoms with Crippen LogP contribution in [0.25, 0.3) is 10.1 Å². The largest absolute Gasteiger partial charge is 0.383 e. The minimum atomic E-state index is -0.741. The van der Waals surface area contributed by atoms with Crippen molar-refractivity contribution in [2.75, 3.05) is 17.7 Å². The van der Waals surface area contributed by atoms with E-state index in [0.29, 0.717) is 9.90 Å². The summed E-state index contributed by atoms with van der Waals surface area (Å²) >= 11 is 7.65. The Kier molecular flexibility index (Phi) is 5.19. The molecule has 0 radical (unpaired) electrons. The molecule has 1 amide bonds. The van der Waals surface area contributed by atoms with Crippen LogP contribution in [0, 0.1) is 0 Å². The number of nitrogens with zero attached hydrogens (tertiary/aromatic N) is 2. The summed E-state index contributed by atoms with van der Waals surface area (Å²) in [6.45, 7) is 0.154. The summed E-state index contributed by atoms with van der Waals surface area (Å²) < 4.78 is 2.08. The SMILES string of the molecule is CN(C(=O)c1sc2ccccc2c1Cl)c1c(N)n(Cc2ccccc2)c(=O)[nH]c1=O. The third-order valence-corrected chi connectivity index (χ3v) is 6.43. The third-order valence-electron chi connectivity index (χ3n) is 4.77. The Morgan fingerprint density at radius 3 is 2.50 bits per heavy atom. The molecule has 0 saturated carbocycles. The van der Waals surface area contributed by atoms with E-state index in [1.165, 1.54) is 23.0 Å². The van der Waals surface area contributed by atoms with Crippen LogP contribution in [0.5, 0.6) is 0 Å². The molecule has 2 aromatic heterocycles. The van der Waals surface area contributed by atoms with Crippen molar-refractivity contribution in [2.45, 2.75) is 6.54 Å². The van der Waals surface area contributed by atoms with Crippen molar-refractivity contribution in [2.24, 2.45) is 0 Å². The van der Waals surface area contributed by atoms with Gasteiger partial charge < -0.3 is 10.6 Å². The molecule has 4 rings (SSSR count).